The molecular formula is C26H26ClN5O3S. The minimum atomic E-state index is -0.510. The minimum absolute atomic E-state index is 0.0183. The average molecular weight is 524 g/mol. The number of carbonyl (C=O) groups is 2. The third kappa shape index (κ3) is 6.30. The summed E-state index contributed by atoms with van der Waals surface area (Å²) in [6.45, 7) is 3.76. The molecule has 0 saturated carbocycles. The molecule has 0 radical (unpaired) electrons. The normalized spacial score (nSPS) is 11.8. The van der Waals surface area contributed by atoms with Crippen molar-refractivity contribution in [2.24, 2.45) is 11.8 Å². The maximum Gasteiger partial charge on any atom is 0.309 e. The molecule has 0 fully saturated rings. The fourth-order valence-electron chi connectivity index (χ4n) is 3.63. The number of pyridine rings is 1. The van der Waals surface area contributed by atoms with Crippen molar-refractivity contribution in [1.82, 2.24) is 15.4 Å². The van der Waals surface area contributed by atoms with Gasteiger partial charge in [-0.3, -0.25) is 20.4 Å². The molecule has 1 amide bonds. The Bertz CT molecular complexity index is 1370. The first-order chi connectivity index (χ1) is 17.3. The molecule has 1 unspecified atom stereocenters. The highest BCUT2D eigenvalue weighted by molar-refractivity contribution is 7.22. The van der Waals surface area contributed by atoms with Crippen LogP contribution in [0, 0.1) is 11.8 Å². The Kier molecular flexibility index (Phi) is 8.02. The van der Waals surface area contributed by atoms with Crippen LogP contribution < -0.4 is 16.2 Å². The van der Waals surface area contributed by atoms with Crippen molar-refractivity contribution >= 4 is 61.7 Å². The summed E-state index contributed by atoms with van der Waals surface area (Å²) in [4.78, 5) is 33.1. The van der Waals surface area contributed by atoms with Crippen LogP contribution in [0.15, 0.2) is 60.8 Å². The van der Waals surface area contributed by atoms with Gasteiger partial charge in [0.25, 0.3) is 0 Å². The van der Waals surface area contributed by atoms with Gasteiger partial charge in [-0.25, -0.2) is 9.97 Å². The first-order valence-electron chi connectivity index (χ1n) is 11.3. The molecule has 0 aliphatic carbocycles. The Morgan fingerprint density at radius 3 is 2.56 bits per heavy atom. The van der Waals surface area contributed by atoms with Gasteiger partial charge in [-0.15, -0.1) is 0 Å². The molecule has 36 heavy (non-hydrogen) atoms. The Morgan fingerprint density at radius 1 is 1.06 bits per heavy atom. The van der Waals surface area contributed by atoms with Crippen LogP contribution >= 0.6 is 22.9 Å². The molecule has 0 saturated heterocycles. The fourth-order valence-corrected chi connectivity index (χ4v) is 4.79. The van der Waals surface area contributed by atoms with Gasteiger partial charge < -0.3 is 10.1 Å². The number of hydrazine groups is 1. The van der Waals surface area contributed by atoms with Crippen molar-refractivity contribution in [3.63, 3.8) is 0 Å². The van der Waals surface area contributed by atoms with E-state index in [9.17, 15) is 9.59 Å². The van der Waals surface area contributed by atoms with E-state index >= 15 is 0 Å². The van der Waals surface area contributed by atoms with E-state index in [-0.39, 0.29) is 18.2 Å². The Labute approximate surface area is 218 Å². The third-order valence-electron chi connectivity index (χ3n) is 5.62. The summed E-state index contributed by atoms with van der Waals surface area (Å²) in [5, 5.41) is 4.81. The van der Waals surface area contributed by atoms with E-state index in [4.69, 9.17) is 16.3 Å². The zero-order valence-corrected chi connectivity index (χ0v) is 21.6. The van der Waals surface area contributed by atoms with E-state index in [0.29, 0.717) is 10.8 Å². The number of fused-ring (bicyclic) bond motifs is 1. The molecule has 0 spiro atoms. The van der Waals surface area contributed by atoms with E-state index < -0.39 is 11.9 Å². The monoisotopic (exact) mass is 523 g/mol. The fraction of sp³-hybridized carbons (Fsp3) is 0.231. The van der Waals surface area contributed by atoms with Crippen LogP contribution in [-0.4, -0.2) is 29.0 Å². The van der Waals surface area contributed by atoms with Gasteiger partial charge in [-0.1, -0.05) is 48.9 Å². The summed E-state index contributed by atoms with van der Waals surface area (Å²) in [5.74, 6) is -0.765. The number of aromatic nitrogens is 2. The first-order valence-corrected chi connectivity index (χ1v) is 12.5. The molecule has 3 N–H and O–H groups in total. The van der Waals surface area contributed by atoms with E-state index in [0.717, 1.165) is 32.2 Å². The molecule has 1 atom stereocenters. The summed E-state index contributed by atoms with van der Waals surface area (Å²) < 4.78 is 5.82. The number of halogens is 1. The molecule has 4 aromatic rings. The standard InChI is InChI=1S/C26H26ClN5O3S/c1-15(2)20(25(34)35-3)14-24(33)32-31-23-12-17(10-11-28-23)16-4-7-19(8-5-16)29-26-30-21-9-6-18(27)13-22(21)36-26/h4-13,15,20H,14H2,1-3H3,(H,28,31)(H,29,30)(H,32,33). The zero-order chi connectivity index (χ0) is 25.7. The van der Waals surface area contributed by atoms with Crippen molar-refractivity contribution in [3.8, 4) is 11.1 Å². The molecule has 2 heterocycles. The Hall–Kier alpha value is -3.69. The van der Waals surface area contributed by atoms with Gasteiger partial charge in [0.05, 0.1) is 23.2 Å². The lowest BCUT2D eigenvalue weighted by molar-refractivity contribution is -0.149. The second-order valence-electron chi connectivity index (χ2n) is 8.51. The molecule has 4 rings (SSSR count). The molecule has 8 nitrogen and oxygen atoms in total. The number of nitrogens with one attached hydrogen (secondary N) is 3. The highest BCUT2D eigenvalue weighted by Gasteiger charge is 2.25. The minimum Gasteiger partial charge on any atom is -0.469 e. The summed E-state index contributed by atoms with van der Waals surface area (Å²) >= 11 is 7.61. The van der Waals surface area contributed by atoms with Crippen LogP contribution in [0.3, 0.4) is 0 Å². The van der Waals surface area contributed by atoms with Crippen LogP contribution in [-0.2, 0) is 14.3 Å². The van der Waals surface area contributed by atoms with Gasteiger partial charge in [0.1, 0.15) is 5.82 Å². The van der Waals surface area contributed by atoms with E-state index in [1.54, 1.807) is 17.5 Å². The van der Waals surface area contributed by atoms with Crippen LogP contribution in [0.1, 0.15) is 20.3 Å². The van der Waals surface area contributed by atoms with Crippen molar-refractivity contribution in [1.29, 1.82) is 0 Å². The van der Waals surface area contributed by atoms with Gasteiger partial charge in [-0.05, 0) is 59.5 Å². The van der Waals surface area contributed by atoms with Crippen molar-refractivity contribution in [2.75, 3.05) is 17.9 Å². The average Bonchev–Trinajstić information content (AvgIpc) is 3.27. The number of hydrogen-bond donors (Lipinski definition) is 3. The number of amides is 1. The topological polar surface area (TPSA) is 105 Å². The zero-order valence-electron chi connectivity index (χ0n) is 20.0. The van der Waals surface area contributed by atoms with E-state index in [1.807, 2.05) is 68.4 Å². The van der Waals surface area contributed by atoms with Crippen LogP contribution in [0.5, 0.6) is 0 Å². The van der Waals surface area contributed by atoms with Crippen molar-refractivity contribution in [2.45, 2.75) is 20.3 Å². The van der Waals surface area contributed by atoms with Gasteiger partial charge in [-0.2, -0.15) is 0 Å². The second kappa shape index (κ2) is 11.4. The maximum absolute atomic E-state index is 12.3. The summed E-state index contributed by atoms with van der Waals surface area (Å²) in [6.07, 6.45) is 1.68. The van der Waals surface area contributed by atoms with Gasteiger partial charge in [0.2, 0.25) is 5.91 Å². The van der Waals surface area contributed by atoms with Crippen molar-refractivity contribution in [3.05, 3.63) is 65.8 Å². The molecule has 186 valence electrons. The number of nitrogens with zero attached hydrogens (tertiary/aromatic N) is 2. The summed E-state index contributed by atoms with van der Waals surface area (Å²) in [5.41, 5.74) is 9.16. The molecule has 0 bridgehead atoms. The third-order valence-corrected chi connectivity index (χ3v) is 6.79. The number of esters is 1. The Morgan fingerprint density at radius 2 is 1.83 bits per heavy atom. The van der Waals surface area contributed by atoms with Crippen molar-refractivity contribution < 1.29 is 14.3 Å². The highest BCUT2D eigenvalue weighted by atomic mass is 35.5. The number of carbonyl (C=O) groups excluding carboxylic acids is 2. The number of anilines is 3. The summed E-state index contributed by atoms with van der Waals surface area (Å²) in [6, 6.07) is 17.3. The number of methoxy groups -OCH3 is 1. The van der Waals surface area contributed by atoms with Gasteiger partial charge >= 0.3 is 5.97 Å². The van der Waals surface area contributed by atoms with Crippen LogP contribution in [0.4, 0.5) is 16.6 Å². The summed E-state index contributed by atoms with van der Waals surface area (Å²) in [7, 11) is 1.32. The van der Waals surface area contributed by atoms with Crippen LogP contribution in [0.2, 0.25) is 5.02 Å². The number of rotatable bonds is 9. The largest absolute Gasteiger partial charge is 0.469 e. The Balaban J connectivity index is 1.38. The second-order valence-corrected chi connectivity index (χ2v) is 9.98. The molecule has 2 aromatic carbocycles. The quantitative estimate of drug-likeness (QED) is 0.181. The number of ether oxygens (including phenoxy) is 1. The molecular weight excluding hydrogens is 498 g/mol. The molecule has 0 aliphatic heterocycles. The SMILES string of the molecule is COC(=O)C(CC(=O)NNc1cc(-c2ccc(Nc3nc4ccc(Cl)cc4s3)cc2)ccn1)C(C)C. The lowest BCUT2D eigenvalue weighted by atomic mass is 9.92. The highest BCUT2D eigenvalue weighted by Crippen LogP contribution is 2.31. The van der Waals surface area contributed by atoms with Gasteiger partial charge in [0.15, 0.2) is 5.13 Å². The van der Waals surface area contributed by atoms with Gasteiger partial charge in [0, 0.05) is 23.3 Å². The maximum atomic E-state index is 12.3. The van der Waals surface area contributed by atoms with E-state index in [2.05, 4.69) is 26.1 Å². The van der Waals surface area contributed by atoms with Crippen LogP contribution in [0.25, 0.3) is 21.3 Å². The molecule has 0 aliphatic rings. The lowest BCUT2D eigenvalue weighted by Crippen LogP contribution is -2.34. The predicted molar refractivity (Wildman–Crippen MR) is 144 cm³/mol. The first kappa shape index (κ1) is 25.4. The van der Waals surface area contributed by atoms with E-state index in [1.165, 1.54) is 7.11 Å². The number of hydrogen-bond acceptors (Lipinski definition) is 8. The number of benzene rings is 2. The smallest absolute Gasteiger partial charge is 0.309 e. The molecule has 10 heteroatoms. The molecule has 2 aromatic heterocycles. The lowest BCUT2D eigenvalue weighted by Gasteiger charge is -2.18. The number of thiazole rings is 1. The predicted octanol–water partition coefficient (Wildman–Crippen LogP) is 6.03.